The number of rotatable bonds is 6. The van der Waals surface area contributed by atoms with Crippen molar-refractivity contribution in [2.75, 3.05) is 12.8 Å². The van der Waals surface area contributed by atoms with Crippen molar-refractivity contribution < 1.29 is 9.00 Å². The van der Waals surface area contributed by atoms with Crippen molar-refractivity contribution in [3.05, 3.63) is 64.9 Å². The van der Waals surface area contributed by atoms with Crippen LogP contribution in [0.5, 0.6) is 0 Å². The third-order valence-electron chi connectivity index (χ3n) is 3.00. The zero-order valence-corrected chi connectivity index (χ0v) is 13.5. The molecule has 0 radical (unpaired) electrons. The molecule has 0 aliphatic heterocycles. The normalized spacial score (nSPS) is 11.9. The highest BCUT2D eigenvalue weighted by molar-refractivity contribution is 7.84. The topological polar surface area (TPSA) is 37.4 Å². The molecule has 0 fully saturated rings. The van der Waals surface area contributed by atoms with Crippen LogP contribution in [0.15, 0.2) is 59.3 Å². The zero-order chi connectivity index (χ0) is 15.2. The maximum atomic E-state index is 12.5. The average Bonchev–Trinajstić information content (AvgIpc) is 2.99. The molecule has 5 heteroatoms. The van der Waals surface area contributed by atoms with Crippen LogP contribution in [0, 0.1) is 0 Å². The van der Waals surface area contributed by atoms with E-state index in [2.05, 4.69) is 6.58 Å². The Labute approximate surface area is 131 Å². The molecule has 2 rings (SSSR count). The van der Waals surface area contributed by atoms with Gasteiger partial charge in [-0.25, -0.2) is 0 Å². The van der Waals surface area contributed by atoms with Crippen LogP contribution in [-0.2, 0) is 17.3 Å². The highest BCUT2D eigenvalue weighted by atomic mass is 32.2. The second-order valence-corrected chi connectivity index (χ2v) is 6.94. The minimum atomic E-state index is -1.03. The largest absolute Gasteiger partial charge is 0.330 e. The predicted molar refractivity (Wildman–Crippen MR) is 88.0 cm³/mol. The van der Waals surface area contributed by atoms with Crippen LogP contribution in [0.2, 0.25) is 0 Å². The van der Waals surface area contributed by atoms with Crippen molar-refractivity contribution in [2.45, 2.75) is 11.4 Å². The van der Waals surface area contributed by atoms with Gasteiger partial charge < -0.3 is 4.90 Å². The monoisotopic (exact) mass is 319 g/mol. The van der Waals surface area contributed by atoms with Gasteiger partial charge in [-0.3, -0.25) is 9.00 Å². The van der Waals surface area contributed by atoms with Gasteiger partial charge in [-0.15, -0.1) is 17.9 Å². The van der Waals surface area contributed by atoms with Gasteiger partial charge in [0.1, 0.15) is 0 Å². The van der Waals surface area contributed by atoms with Crippen LogP contribution in [0.25, 0.3) is 0 Å². The van der Waals surface area contributed by atoms with Crippen LogP contribution < -0.4 is 0 Å². The van der Waals surface area contributed by atoms with E-state index in [1.54, 1.807) is 52.8 Å². The number of carbonyl (C=O) groups is 1. The van der Waals surface area contributed by atoms with Crippen molar-refractivity contribution in [1.82, 2.24) is 4.90 Å². The summed E-state index contributed by atoms with van der Waals surface area (Å²) in [5.74, 6) is -0.0447. The number of benzene rings is 1. The standard InChI is InChI=1S/C16H17NO2S2/c1-3-10-17(12-14-5-4-11-20-14)16(18)13-6-8-15(9-7-13)21(2)19/h3-9,11H,1,10,12H2,2H3. The molecule has 0 saturated heterocycles. The van der Waals surface area contributed by atoms with E-state index in [9.17, 15) is 9.00 Å². The average molecular weight is 319 g/mol. The van der Waals surface area contributed by atoms with Gasteiger partial charge in [0.2, 0.25) is 0 Å². The molecule has 0 aliphatic carbocycles. The van der Waals surface area contributed by atoms with Gasteiger partial charge in [0, 0.05) is 38.9 Å². The highest BCUT2D eigenvalue weighted by Crippen LogP contribution is 2.15. The van der Waals surface area contributed by atoms with Gasteiger partial charge in [0.05, 0.1) is 6.54 Å². The van der Waals surface area contributed by atoms with Crippen molar-refractivity contribution in [3.8, 4) is 0 Å². The smallest absolute Gasteiger partial charge is 0.254 e. The van der Waals surface area contributed by atoms with Crippen LogP contribution in [0.3, 0.4) is 0 Å². The van der Waals surface area contributed by atoms with E-state index in [1.165, 1.54) is 0 Å². The lowest BCUT2D eigenvalue weighted by Gasteiger charge is -2.20. The van der Waals surface area contributed by atoms with Crippen molar-refractivity contribution >= 4 is 28.0 Å². The Morgan fingerprint density at radius 3 is 2.57 bits per heavy atom. The molecule has 1 aromatic carbocycles. The van der Waals surface area contributed by atoms with E-state index in [1.807, 2.05) is 17.5 Å². The number of hydrogen-bond acceptors (Lipinski definition) is 3. The summed E-state index contributed by atoms with van der Waals surface area (Å²) in [7, 11) is -1.03. The molecule has 0 spiro atoms. The highest BCUT2D eigenvalue weighted by Gasteiger charge is 2.15. The number of thiophene rings is 1. The minimum Gasteiger partial charge on any atom is -0.330 e. The molecule has 3 nitrogen and oxygen atoms in total. The summed E-state index contributed by atoms with van der Waals surface area (Å²) < 4.78 is 11.4. The minimum absolute atomic E-state index is 0.0447. The van der Waals surface area contributed by atoms with Crippen LogP contribution in [-0.4, -0.2) is 27.8 Å². The first kappa shape index (κ1) is 15.7. The first-order valence-corrected chi connectivity index (χ1v) is 8.91. The summed E-state index contributed by atoms with van der Waals surface area (Å²) in [5, 5.41) is 2.00. The molecule has 0 saturated carbocycles. The van der Waals surface area contributed by atoms with Crippen LogP contribution in [0.4, 0.5) is 0 Å². The lowest BCUT2D eigenvalue weighted by molar-refractivity contribution is 0.0764. The first-order valence-electron chi connectivity index (χ1n) is 6.48. The van der Waals surface area contributed by atoms with E-state index < -0.39 is 10.8 Å². The Morgan fingerprint density at radius 1 is 1.33 bits per heavy atom. The Hall–Kier alpha value is -1.72. The number of carbonyl (C=O) groups excluding carboxylic acids is 1. The molecule has 0 bridgehead atoms. The molecule has 1 atom stereocenters. The summed E-state index contributed by atoms with van der Waals surface area (Å²) in [5.41, 5.74) is 0.600. The number of hydrogen-bond donors (Lipinski definition) is 0. The van der Waals surface area contributed by atoms with Crippen LogP contribution in [0.1, 0.15) is 15.2 Å². The fourth-order valence-corrected chi connectivity index (χ4v) is 3.18. The summed E-state index contributed by atoms with van der Waals surface area (Å²) in [6, 6.07) is 10.9. The fourth-order valence-electron chi connectivity index (χ4n) is 1.94. The second kappa shape index (κ2) is 7.33. The van der Waals surface area contributed by atoms with Gasteiger partial charge in [-0.05, 0) is 35.7 Å². The molecule has 1 aromatic heterocycles. The third-order valence-corrected chi connectivity index (χ3v) is 4.79. The lowest BCUT2D eigenvalue weighted by atomic mass is 10.2. The molecule has 0 N–H and O–H groups in total. The van der Waals surface area contributed by atoms with Crippen molar-refractivity contribution in [1.29, 1.82) is 0 Å². The summed E-state index contributed by atoms with van der Waals surface area (Å²) in [6.45, 7) is 4.78. The van der Waals surface area contributed by atoms with Gasteiger partial charge in [-0.2, -0.15) is 0 Å². The van der Waals surface area contributed by atoms with Gasteiger partial charge >= 0.3 is 0 Å². The molecular formula is C16H17NO2S2. The summed E-state index contributed by atoms with van der Waals surface area (Å²) in [6.07, 6.45) is 3.35. The zero-order valence-electron chi connectivity index (χ0n) is 11.8. The third kappa shape index (κ3) is 4.12. The van der Waals surface area contributed by atoms with Crippen LogP contribution >= 0.6 is 11.3 Å². The molecule has 0 aliphatic rings. The maximum absolute atomic E-state index is 12.5. The van der Waals surface area contributed by atoms with Crippen molar-refractivity contribution in [2.24, 2.45) is 0 Å². The molecule has 21 heavy (non-hydrogen) atoms. The van der Waals surface area contributed by atoms with Gasteiger partial charge in [0.15, 0.2) is 0 Å². The summed E-state index contributed by atoms with van der Waals surface area (Å²) in [4.78, 5) is 16.2. The number of amides is 1. The first-order chi connectivity index (χ1) is 10.1. The van der Waals surface area contributed by atoms with Crippen molar-refractivity contribution in [3.63, 3.8) is 0 Å². The molecule has 1 heterocycles. The quantitative estimate of drug-likeness (QED) is 0.766. The lowest BCUT2D eigenvalue weighted by Crippen LogP contribution is -2.30. The predicted octanol–water partition coefficient (Wildman–Crippen LogP) is 3.31. The van der Waals surface area contributed by atoms with Gasteiger partial charge in [-0.1, -0.05) is 12.1 Å². The Kier molecular flexibility index (Phi) is 5.47. The van der Waals surface area contributed by atoms with E-state index in [4.69, 9.17) is 0 Å². The Bertz CT molecular complexity index is 633. The van der Waals surface area contributed by atoms with Gasteiger partial charge in [0.25, 0.3) is 5.91 Å². The van der Waals surface area contributed by atoms with E-state index in [0.717, 1.165) is 9.77 Å². The fraction of sp³-hybridized carbons (Fsp3) is 0.188. The molecule has 110 valence electrons. The Morgan fingerprint density at radius 2 is 2.05 bits per heavy atom. The maximum Gasteiger partial charge on any atom is 0.254 e. The number of nitrogens with zero attached hydrogens (tertiary/aromatic N) is 1. The second-order valence-electron chi connectivity index (χ2n) is 4.53. The van der Waals surface area contributed by atoms with E-state index in [-0.39, 0.29) is 5.91 Å². The van der Waals surface area contributed by atoms with E-state index in [0.29, 0.717) is 18.7 Å². The van der Waals surface area contributed by atoms with E-state index >= 15 is 0 Å². The summed E-state index contributed by atoms with van der Waals surface area (Å²) >= 11 is 1.63. The molecule has 1 amide bonds. The SMILES string of the molecule is C=CCN(Cc1cccs1)C(=O)c1ccc(S(C)=O)cc1. The molecule has 1 unspecified atom stereocenters. The molecular weight excluding hydrogens is 302 g/mol. The Balaban J connectivity index is 2.17. The molecule has 2 aromatic rings.